The third kappa shape index (κ3) is 2.10. The van der Waals surface area contributed by atoms with Crippen molar-refractivity contribution in [3.63, 3.8) is 0 Å². The van der Waals surface area contributed by atoms with E-state index in [1.807, 2.05) is 0 Å². The van der Waals surface area contributed by atoms with E-state index in [9.17, 15) is 9.59 Å². The maximum absolute atomic E-state index is 11.6. The predicted molar refractivity (Wildman–Crippen MR) is 63.3 cm³/mol. The highest BCUT2D eigenvalue weighted by atomic mass is 35.5. The van der Waals surface area contributed by atoms with Gasteiger partial charge in [-0.15, -0.1) is 0 Å². The van der Waals surface area contributed by atoms with Crippen molar-refractivity contribution in [2.24, 2.45) is 0 Å². The molecule has 0 amide bonds. The van der Waals surface area contributed by atoms with Crippen LogP contribution in [-0.2, 0) is 11.3 Å². The molecule has 0 aliphatic rings. The number of thiazole rings is 1. The van der Waals surface area contributed by atoms with Gasteiger partial charge in [-0.2, -0.15) is 0 Å². The highest BCUT2D eigenvalue weighted by molar-refractivity contribution is 7.16. The zero-order valence-corrected chi connectivity index (χ0v) is 9.72. The molecule has 0 atom stereocenters. The van der Waals surface area contributed by atoms with Crippen LogP contribution in [0.15, 0.2) is 23.0 Å². The lowest BCUT2D eigenvalue weighted by atomic mass is 10.3. The van der Waals surface area contributed by atoms with Gasteiger partial charge >= 0.3 is 10.8 Å². The minimum atomic E-state index is -0.923. The Bertz CT molecular complexity index is 602. The summed E-state index contributed by atoms with van der Waals surface area (Å²) < 4.78 is 2.26. The maximum Gasteiger partial charge on any atom is 0.308 e. The Morgan fingerprint density at radius 2 is 2.25 bits per heavy atom. The second-order valence-corrected chi connectivity index (χ2v) is 4.71. The van der Waals surface area contributed by atoms with E-state index in [0.717, 1.165) is 16.0 Å². The number of hydrogen-bond donors (Lipinski definition) is 1. The van der Waals surface area contributed by atoms with E-state index in [1.165, 1.54) is 4.57 Å². The molecule has 1 aromatic carbocycles. The Hall–Kier alpha value is -1.33. The van der Waals surface area contributed by atoms with Gasteiger partial charge in [-0.1, -0.05) is 22.9 Å². The summed E-state index contributed by atoms with van der Waals surface area (Å²) in [5.41, 5.74) is 0.698. The number of hydrogen-bond acceptors (Lipinski definition) is 3. The number of aromatic nitrogens is 1. The molecule has 0 bridgehead atoms. The predicted octanol–water partition coefficient (Wildman–Crippen LogP) is 2.19. The van der Waals surface area contributed by atoms with Gasteiger partial charge in [0.1, 0.15) is 0 Å². The molecule has 16 heavy (non-hydrogen) atoms. The summed E-state index contributed by atoms with van der Waals surface area (Å²) in [5, 5.41) is 9.13. The lowest BCUT2D eigenvalue weighted by Crippen LogP contribution is -2.15. The smallest absolute Gasteiger partial charge is 0.308 e. The molecular formula is C10H8ClNO3S. The number of carbonyl (C=O) groups is 1. The van der Waals surface area contributed by atoms with E-state index in [1.54, 1.807) is 18.2 Å². The Kier molecular flexibility index (Phi) is 2.98. The molecular weight excluding hydrogens is 250 g/mol. The van der Waals surface area contributed by atoms with Crippen molar-refractivity contribution < 1.29 is 9.90 Å². The van der Waals surface area contributed by atoms with E-state index in [4.69, 9.17) is 16.7 Å². The molecule has 2 aromatic rings. The molecule has 1 aromatic heterocycles. The van der Waals surface area contributed by atoms with Crippen LogP contribution in [0.3, 0.4) is 0 Å². The van der Waals surface area contributed by atoms with Crippen LogP contribution in [-0.4, -0.2) is 15.6 Å². The standard InChI is InChI=1S/C10H8ClNO3S/c11-6-1-2-8-7(5-6)12(10(15)16-8)4-3-9(13)14/h1-2,5H,3-4H2,(H,13,14). The first-order valence-electron chi connectivity index (χ1n) is 4.58. The number of aryl methyl sites for hydroxylation is 1. The van der Waals surface area contributed by atoms with Gasteiger partial charge in [0.2, 0.25) is 0 Å². The van der Waals surface area contributed by atoms with Crippen LogP contribution in [0.5, 0.6) is 0 Å². The molecule has 2 rings (SSSR count). The van der Waals surface area contributed by atoms with Gasteiger partial charge in [-0.25, -0.2) is 0 Å². The van der Waals surface area contributed by atoms with Crippen molar-refractivity contribution in [1.29, 1.82) is 0 Å². The number of nitrogens with zero attached hydrogens (tertiary/aromatic N) is 1. The fourth-order valence-corrected chi connectivity index (χ4v) is 2.52. The minimum absolute atomic E-state index is 0.0712. The molecule has 0 aliphatic heterocycles. The number of rotatable bonds is 3. The number of carboxylic acids is 1. The van der Waals surface area contributed by atoms with Crippen molar-refractivity contribution in [3.05, 3.63) is 32.9 Å². The van der Waals surface area contributed by atoms with Gasteiger partial charge in [0, 0.05) is 11.6 Å². The number of halogens is 1. The molecule has 6 heteroatoms. The van der Waals surface area contributed by atoms with Crippen LogP contribution >= 0.6 is 22.9 Å². The van der Waals surface area contributed by atoms with Crippen LogP contribution in [0.2, 0.25) is 5.02 Å². The van der Waals surface area contributed by atoms with Crippen molar-refractivity contribution in [3.8, 4) is 0 Å². The molecule has 0 spiro atoms. The Balaban J connectivity index is 2.50. The van der Waals surface area contributed by atoms with Crippen LogP contribution < -0.4 is 4.87 Å². The zero-order chi connectivity index (χ0) is 11.7. The molecule has 4 nitrogen and oxygen atoms in total. The molecule has 0 radical (unpaired) electrons. The third-order valence-corrected chi connectivity index (χ3v) is 3.37. The number of carboxylic acid groups (broad SMARTS) is 1. The highest BCUT2D eigenvalue weighted by Gasteiger charge is 2.09. The van der Waals surface area contributed by atoms with E-state index >= 15 is 0 Å². The normalized spacial score (nSPS) is 10.8. The summed E-state index contributed by atoms with van der Waals surface area (Å²) in [6, 6.07) is 5.15. The van der Waals surface area contributed by atoms with E-state index in [2.05, 4.69) is 0 Å². The molecule has 84 valence electrons. The van der Waals surface area contributed by atoms with E-state index < -0.39 is 5.97 Å². The van der Waals surface area contributed by atoms with Gasteiger partial charge in [0.25, 0.3) is 0 Å². The van der Waals surface area contributed by atoms with Crippen molar-refractivity contribution in [1.82, 2.24) is 4.57 Å². The zero-order valence-electron chi connectivity index (χ0n) is 8.14. The van der Waals surface area contributed by atoms with Crippen LogP contribution in [0.1, 0.15) is 6.42 Å². The monoisotopic (exact) mass is 257 g/mol. The van der Waals surface area contributed by atoms with Gasteiger partial charge in [0.15, 0.2) is 0 Å². The number of fused-ring (bicyclic) bond motifs is 1. The van der Waals surface area contributed by atoms with Gasteiger partial charge in [-0.05, 0) is 18.2 Å². The van der Waals surface area contributed by atoms with E-state index in [-0.39, 0.29) is 17.8 Å². The summed E-state index contributed by atoms with van der Waals surface area (Å²) in [4.78, 5) is 21.9. The Labute approximate surface area is 99.7 Å². The molecule has 0 saturated heterocycles. The first-order valence-corrected chi connectivity index (χ1v) is 5.78. The summed E-state index contributed by atoms with van der Waals surface area (Å²) in [6.45, 7) is 0.175. The first kappa shape index (κ1) is 11.2. The number of benzene rings is 1. The second kappa shape index (κ2) is 4.27. The topological polar surface area (TPSA) is 59.3 Å². The largest absolute Gasteiger partial charge is 0.481 e. The quantitative estimate of drug-likeness (QED) is 0.917. The molecule has 0 unspecified atom stereocenters. The average molecular weight is 258 g/mol. The van der Waals surface area contributed by atoms with Gasteiger partial charge < -0.3 is 5.11 Å². The highest BCUT2D eigenvalue weighted by Crippen LogP contribution is 2.21. The summed E-state index contributed by atoms with van der Waals surface area (Å²) in [7, 11) is 0. The summed E-state index contributed by atoms with van der Waals surface area (Å²) >= 11 is 6.93. The van der Waals surface area contributed by atoms with Crippen LogP contribution in [0.25, 0.3) is 10.2 Å². The van der Waals surface area contributed by atoms with Crippen molar-refractivity contribution in [2.45, 2.75) is 13.0 Å². The van der Waals surface area contributed by atoms with Crippen LogP contribution in [0, 0.1) is 0 Å². The maximum atomic E-state index is 11.6. The third-order valence-electron chi connectivity index (χ3n) is 2.18. The lowest BCUT2D eigenvalue weighted by Gasteiger charge is -2.00. The Morgan fingerprint density at radius 1 is 1.50 bits per heavy atom. The molecule has 1 N–H and O–H groups in total. The summed E-state index contributed by atoms with van der Waals surface area (Å²) in [6.07, 6.45) is -0.0712. The minimum Gasteiger partial charge on any atom is -0.481 e. The molecule has 1 heterocycles. The van der Waals surface area contributed by atoms with Gasteiger partial charge in [-0.3, -0.25) is 14.2 Å². The van der Waals surface area contributed by atoms with Crippen LogP contribution in [0.4, 0.5) is 0 Å². The SMILES string of the molecule is O=C(O)CCn1c(=O)sc2ccc(Cl)cc21. The van der Waals surface area contributed by atoms with Crippen molar-refractivity contribution in [2.75, 3.05) is 0 Å². The number of aliphatic carboxylic acids is 1. The van der Waals surface area contributed by atoms with Gasteiger partial charge in [0.05, 0.1) is 16.6 Å². The summed E-state index contributed by atoms with van der Waals surface area (Å²) in [5.74, 6) is -0.923. The second-order valence-electron chi connectivity index (χ2n) is 3.28. The van der Waals surface area contributed by atoms with E-state index in [0.29, 0.717) is 10.5 Å². The van der Waals surface area contributed by atoms with Crippen molar-refractivity contribution >= 4 is 39.1 Å². The molecule has 0 aliphatic carbocycles. The molecule has 0 saturated carbocycles. The first-order chi connectivity index (χ1) is 7.58. The Morgan fingerprint density at radius 3 is 2.94 bits per heavy atom. The lowest BCUT2D eigenvalue weighted by molar-refractivity contribution is -0.137. The average Bonchev–Trinajstić information content (AvgIpc) is 2.51. The molecule has 0 fully saturated rings. The fourth-order valence-electron chi connectivity index (χ4n) is 1.45. The fraction of sp³-hybridized carbons (Fsp3) is 0.200.